The Morgan fingerprint density at radius 2 is 1.41 bits per heavy atom. The van der Waals surface area contributed by atoms with E-state index in [1.807, 2.05) is 0 Å². The van der Waals surface area contributed by atoms with Crippen LogP contribution in [-0.2, 0) is 14.4 Å². The zero-order valence-electron chi connectivity index (χ0n) is 10.7. The molecule has 0 fully saturated rings. The minimum absolute atomic E-state index is 0.0259. The van der Waals surface area contributed by atoms with Gasteiger partial charge in [0.15, 0.2) is 5.78 Å². The summed E-state index contributed by atoms with van der Waals surface area (Å²) in [5.41, 5.74) is -0.781. The Morgan fingerprint density at radius 3 is 1.82 bits per heavy atom. The molecule has 0 aliphatic heterocycles. The summed E-state index contributed by atoms with van der Waals surface area (Å²) in [5, 5.41) is 9.86. The fraction of sp³-hybridized carbons (Fsp3) is 0.462. The van der Waals surface area contributed by atoms with E-state index in [0.717, 1.165) is 0 Å². The van der Waals surface area contributed by atoms with Crippen LogP contribution in [0.3, 0.4) is 0 Å². The number of rotatable bonds is 1. The van der Waals surface area contributed by atoms with E-state index in [1.165, 1.54) is 13.8 Å². The highest BCUT2D eigenvalue weighted by molar-refractivity contribution is 6.51. The molecule has 4 heteroatoms. The number of Topliss-reactive ketones (excluding diaryl/α,β-unsaturated/α-hetero) is 3. The number of allylic oxidation sites excluding steroid dienone is 3. The lowest BCUT2D eigenvalue weighted by Gasteiger charge is -2.23. The second kappa shape index (κ2) is 3.95. The number of hydrogen-bond donors (Lipinski definition) is 1. The number of hydrogen-bond acceptors (Lipinski definition) is 4. The Kier molecular flexibility index (Phi) is 3.10. The Morgan fingerprint density at radius 1 is 1.00 bits per heavy atom. The summed E-state index contributed by atoms with van der Waals surface area (Å²) in [6.07, 6.45) is 0. The average molecular weight is 236 g/mol. The Hall–Kier alpha value is -1.71. The standard InChI is InChI=1S/C13H16O4/c1-6-8(12(17)13(3,4)5)9(14)7(2)11(16)10(6)15/h14H,1-5H3. The van der Waals surface area contributed by atoms with E-state index in [4.69, 9.17) is 0 Å². The van der Waals surface area contributed by atoms with Crippen molar-refractivity contribution in [3.63, 3.8) is 0 Å². The first-order valence-electron chi connectivity index (χ1n) is 5.34. The molecule has 17 heavy (non-hydrogen) atoms. The van der Waals surface area contributed by atoms with Crippen LogP contribution in [0, 0.1) is 5.41 Å². The smallest absolute Gasteiger partial charge is 0.232 e. The maximum absolute atomic E-state index is 12.1. The monoisotopic (exact) mass is 236 g/mol. The molecule has 0 aromatic rings. The minimum Gasteiger partial charge on any atom is -0.507 e. The number of aliphatic hydroxyl groups is 1. The van der Waals surface area contributed by atoms with Crippen LogP contribution in [0.5, 0.6) is 0 Å². The van der Waals surface area contributed by atoms with Gasteiger partial charge in [-0.25, -0.2) is 0 Å². The van der Waals surface area contributed by atoms with Gasteiger partial charge in [0.05, 0.1) is 5.57 Å². The molecule has 1 aliphatic rings. The zero-order valence-corrected chi connectivity index (χ0v) is 10.7. The number of aliphatic hydroxyl groups excluding tert-OH is 1. The maximum Gasteiger partial charge on any atom is 0.232 e. The van der Waals surface area contributed by atoms with Gasteiger partial charge in [0.2, 0.25) is 11.6 Å². The highest BCUT2D eigenvalue weighted by Crippen LogP contribution is 2.30. The molecule has 92 valence electrons. The normalized spacial score (nSPS) is 17.9. The van der Waals surface area contributed by atoms with E-state index in [9.17, 15) is 19.5 Å². The molecule has 0 aromatic heterocycles. The van der Waals surface area contributed by atoms with Crippen molar-refractivity contribution in [3.8, 4) is 0 Å². The van der Waals surface area contributed by atoms with E-state index in [-0.39, 0.29) is 28.3 Å². The van der Waals surface area contributed by atoms with Crippen LogP contribution < -0.4 is 0 Å². The lowest BCUT2D eigenvalue weighted by atomic mass is 9.79. The molecule has 0 aromatic carbocycles. The van der Waals surface area contributed by atoms with Gasteiger partial charge in [0.25, 0.3) is 0 Å². The van der Waals surface area contributed by atoms with Crippen LogP contribution >= 0.6 is 0 Å². The van der Waals surface area contributed by atoms with Crippen molar-refractivity contribution in [3.05, 3.63) is 22.5 Å². The lowest BCUT2D eigenvalue weighted by molar-refractivity contribution is -0.132. The summed E-state index contributed by atoms with van der Waals surface area (Å²) in [6, 6.07) is 0. The highest BCUT2D eigenvalue weighted by Gasteiger charge is 2.37. The van der Waals surface area contributed by atoms with Gasteiger partial charge in [-0.2, -0.15) is 0 Å². The number of carbonyl (C=O) groups excluding carboxylic acids is 3. The summed E-state index contributed by atoms with van der Waals surface area (Å²) in [7, 11) is 0. The molecule has 0 heterocycles. The van der Waals surface area contributed by atoms with Crippen molar-refractivity contribution in [1.82, 2.24) is 0 Å². The van der Waals surface area contributed by atoms with Crippen molar-refractivity contribution in [2.45, 2.75) is 34.6 Å². The molecule has 0 radical (unpaired) electrons. The van der Waals surface area contributed by atoms with Gasteiger partial charge < -0.3 is 5.11 Å². The second-order valence-corrected chi connectivity index (χ2v) is 5.21. The minimum atomic E-state index is -0.745. The van der Waals surface area contributed by atoms with Gasteiger partial charge in [-0.3, -0.25) is 14.4 Å². The van der Waals surface area contributed by atoms with Crippen molar-refractivity contribution in [2.75, 3.05) is 0 Å². The third kappa shape index (κ3) is 2.07. The average Bonchev–Trinajstić information content (AvgIpc) is 2.22. The molecule has 1 rings (SSSR count). The van der Waals surface area contributed by atoms with Gasteiger partial charge in [0, 0.05) is 16.6 Å². The van der Waals surface area contributed by atoms with Crippen molar-refractivity contribution < 1.29 is 19.5 Å². The van der Waals surface area contributed by atoms with Crippen LogP contribution in [0.25, 0.3) is 0 Å². The third-order valence-electron chi connectivity index (χ3n) is 2.76. The van der Waals surface area contributed by atoms with E-state index in [2.05, 4.69) is 0 Å². The van der Waals surface area contributed by atoms with Crippen molar-refractivity contribution >= 4 is 17.3 Å². The van der Waals surface area contributed by atoms with Gasteiger partial charge in [-0.05, 0) is 13.8 Å². The topological polar surface area (TPSA) is 71.4 Å². The molecule has 1 aliphatic carbocycles. The molecule has 0 saturated carbocycles. The second-order valence-electron chi connectivity index (χ2n) is 5.21. The Labute approximate surface area is 100 Å². The molecule has 0 bridgehead atoms. The maximum atomic E-state index is 12.1. The summed E-state index contributed by atoms with van der Waals surface area (Å²) < 4.78 is 0. The summed E-state index contributed by atoms with van der Waals surface area (Å²) in [6.45, 7) is 7.82. The summed E-state index contributed by atoms with van der Waals surface area (Å²) >= 11 is 0. The van der Waals surface area contributed by atoms with Gasteiger partial charge in [0.1, 0.15) is 5.76 Å². The first kappa shape index (κ1) is 13.4. The Bertz CT molecular complexity index is 484. The predicted octanol–water partition coefficient (Wildman–Crippen LogP) is 1.90. The first-order valence-corrected chi connectivity index (χ1v) is 5.34. The molecule has 4 nitrogen and oxygen atoms in total. The van der Waals surface area contributed by atoms with Gasteiger partial charge >= 0.3 is 0 Å². The molecular formula is C13H16O4. The molecule has 0 atom stereocenters. The highest BCUT2D eigenvalue weighted by atomic mass is 16.3. The molecular weight excluding hydrogens is 220 g/mol. The van der Waals surface area contributed by atoms with Crippen LogP contribution in [0.15, 0.2) is 22.5 Å². The summed E-state index contributed by atoms with van der Waals surface area (Å²) in [4.78, 5) is 35.2. The summed E-state index contributed by atoms with van der Waals surface area (Å²) in [5.74, 6) is -2.17. The lowest BCUT2D eigenvalue weighted by Crippen LogP contribution is -2.31. The molecule has 0 unspecified atom stereocenters. The first-order chi connectivity index (χ1) is 7.59. The predicted molar refractivity (Wildman–Crippen MR) is 62.5 cm³/mol. The van der Waals surface area contributed by atoms with Crippen molar-refractivity contribution in [1.29, 1.82) is 0 Å². The zero-order chi connectivity index (χ0) is 13.5. The van der Waals surface area contributed by atoms with E-state index >= 15 is 0 Å². The SMILES string of the molecule is CC1=C(O)C(C(=O)C(C)(C)C)=C(C)C(=O)C1=O. The fourth-order valence-electron chi connectivity index (χ4n) is 1.58. The molecule has 0 saturated heterocycles. The third-order valence-corrected chi connectivity index (χ3v) is 2.76. The molecule has 0 amide bonds. The van der Waals surface area contributed by atoms with Crippen LogP contribution in [0.4, 0.5) is 0 Å². The molecule has 0 spiro atoms. The van der Waals surface area contributed by atoms with Crippen LogP contribution in [0.1, 0.15) is 34.6 Å². The largest absolute Gasteiger partial charge is 0.507 e. The van der Waals surface area contributed by atoms with Gasteiger partial charge in [-0.1, -0.05) is 20.8 Å². The van der Waals surface area contributed by atoms with Crippen LogP contribution in [-0.4, -0.2) is 22.5 Å². The quantitative estimate of drug-likeness (QED) is 0.557. The van der Waals surface area contributed by atoms with Crippen LogP contribution in [0.2, 0.25) is 0 Å². The van der Waals surface area contributed by atoms with Crippen molar-refractivity contribution in [2.24, 2.45) is 5.41 Å². The Balaban J connectivity index is 3.47. The number of carbonyl (C=O) groups is 3. The van der Waals surface area contributed by atoms with E-state index in [1.54, 1.807) is 20.8 Å². The van der Waals surface area contributed by atoms with E-state index < -0.39 is 17.0 Å². The van der Waals surface area contributed by atoms with E-state index in [0.29, 0.717) is 0 Å². The fourth-order valence-corrected chi connectivity index (χ4v) is 1.58. The molecule has 1 N–H and O–H groups in total. The van der Waals surface area contributed by atoms with Gasteiger partial charge in [-0.15, -0.1) is 0 Å². The number of ketones is 3.